The second kappa shape index (κ2) is 9.42. The maximum atomic E-state index is 13.5. The number of ether oxygens (including phenoxy) is 1. The zero-order chi connectivity index (χ0) is 24.5. The van der Waals surface area contributed by atoms with Crippen LogP contribution in [0.3, 0.4) is 0 Å². The van der Waals surface area contributed by atoms with Gasteiger partial charge in [-0.25, -0.2) is 9.36 Å². The van der Waals surface area contributed by atoms with Crippen molar-refractivity contribution >= 4 is 33.1 Å². The predicted molar refractivity (Wildman–Crippen MR) is 138 cm³/mol. The average molecular weight is 491 g/mol. The van der Waals surface area contributed by atoms with Gasteiger partial charge in [0.1, 0.15) is 17.0 Å². The molecule has 35 heavy (non-hydrogen) atoms. The second-order valence-electron chi connectivity index (χ2n) is 8.47. The molecule has 0 spiro atoms. The molecule has 0 bridgehead atoms. The van der Waals surface area contributed by atoms with Gasteiger partial charge in [0.05, 0.1) is 24.0 Å². The van der Waals surface area contributed by atoms with Crippen molar-refractivity contribution in [2.75, 3.05) is 38.2 Å². The number of aryl methyl sites for hydroxylation is 1. The van der Waals surface area contributed by atoms with E-state index < -0.39 is 5.69 Å². The molecule has 2 aromatic heterocycles. The molecule has 1 aliphatic heterocycles. The SMILES string of the molecule is COc1ccccc1N1CCN(C(=O)Cn2c(=O)n(-c3ccccc3C)c(=O)c3sccc32)CC1. The number of aromatic nitrogens is 2. The number of amides is 1. The third kappa shape index (κ3) is 4.12. The van der Waals surface area contributed by atoms with Gasteiger partial charge in [-0.2, -0.15) is 0 Å². The smallest absolute Gasteiger partial charge is 0.336 e. The largest absolute Gasteiger partial charge is 0.495 e. The fourth-order valence-electron chi connectivity index (χ4n) is 4.59. The maximum absolute atomic E-state index is 13.5. The molecule has 0 atom stereocenters. The molecule has 180 valence electrons. The van der Waals surface area contributed by atoms with Gasteiger partial charge in [-0.1, -0.05) is 30.3 Å². The molecule has 0 unspecified atom stereocenters. The van der Waals surface area contributed by atoms with E-state index in [1.807, 2.05) is 43.3 Å². The first-order chi connectivity index (χ1) is 17.0. The number of hydrogen-bond donors (Lipinski definition) is 0. The number of carbonyl (C=O) groups is 1. The lowest BCUT2D eigenvalue weighted by Gasteiger charge is -2.36. The molecule has 1 saturated heterocycles. The highest BCUT2D eigenvalue weighted by Gasteiger charge is 2.25. The molecule has 0 N–H and O–H groups in total. The number of hydrogen-bond acceptors (Lipinski definition) is 6. The summed E-state index contributed by atoms with van der Waals surface area (Å²) in [6, 6.07) is 16.8. The van der Waals surface area contributed by atoms with Crippen LogP contribution >= 0.6 is 11.3 Å². The first-order valence-electron chi connectivity index (χ1n) is 11.4. The van der Waals surface area contributed by atoms with Crippen molar-refractivity contribution in [2.45, 2.75) is 13.5 Å². The zero-order valence-corrected chi connectivity index (χ0v) is 20.5. The van der Waals surface area contributed by atoms with Gasteiger partial charge < -0.3 is 14.5 Å². The molecule has 4 aromatic rings. The molecular weight excluding hydrogens is 464 g/mol. The van der Waals surface area contributed by atoms with Gasteiger partial charge >= 0.3 is 5.69 Å². The van der Waals surface area contributed by atoms with E-state index in [0.717, 1.165) is 17.0 Å². The summed E-state index contributed by atoms with van der Waals surface area (Å²) >= 11 is 1.28. The van der Waals surface area contributed by atoms with E-state index in [1.165, 1.54) is 20.5 Å². The van der Waals surface area contributed by atoms with Crippen molar-refractivity contribution in [3.05, 3.63) is 86.4 Å². The number of para-hydroxylation sites is 3. The zero-order valence-electron chi connectivity index (χ0n) is 19.6. The summed E-state index contributed by atoms with van der Waals surface area (Å²) in [5, 5.41) is 1.78. The highest BCUT2D eigenvalue weighted by Crippen LogP contribution is 2.28. The lowest BCUT2D eigenvalue weighted by molar-refractivity contribution is -0.132. The summed E-state index contributed by atoms with van der Waals surface area (Å²) in [4.78, 5) is 44.0. The van der Waals surface area contributed by atoms with Crippen LogP contribution in [0.1, 0.15) is 5.56 Å². The minimum absolute atomic E-state index is 0.118. The Kier molecular flexibility index (Phi) is 6.17. The van der Waals surface area contributed by atoms with Crippen molar-refractivity contribution in [2.24, 2.45) is 0 Å². The molecule has 1 aliphatic rings. The number of thiophene rings is 1. The highest BCUT2D eigenvalue weighted by atomic mass is 32.1. The van der Waals surface area contributed by atoms with E-state index in [0.29, 0.717) is 42.1 Å². The van der Waals surface area contributed by atoms with Crippen LogP contribution in [-0.2, 0) is 11.3 Å². The first-order valence-corrected chi connectivity index (χ1v) is 12.3. The number of benzene rings is 2. The number of rotatable bonds is 5. The molecule has 0 radical (unpaired) electrons. The maximum Gasteiger partial charge on any atom is 0.336 e. The summed E-state index contributed by atoms with van der Waals surface area (Å²) in [6.45, 7) is 4.14. The van der Waals surface area contributed by atoms with E-state index in [-0.39, 0.29) is 18.0 Å². The summed E-state index contributed by atoms with van der Waals surface area (Å²) in [7, 11) is 1.65. The number of carbonyl (C=O) groups excluding carboxylic acids is 1. The Hall–Kier alpha value is -3.85. The standard InChI is InChI=1S/C26H26N4O4S/c1-18-7-3-4-8-19(18)30-25(32)24-21(11-16-35-24)29(26(30)33)17-23(31)28-14-12-27(13-15-28)20-9-5-6-10-22(20)34-2/h3-11,16H,12-15,17H2,1-2H3. The fraction of sp³-hybridized carbons (Fsp3) is 0.269. The van der Waals surface area contributed by atoms with Gasteiger partial charge in [0, 0.05) is 26.2 Å². The number of anilines is 1. The Morgan fingerprint density at radius 1 is 0.943 bits per heavy atom. The minimum Gasteiger partial charge on any atom is -0.495 e. The van der Waals surface area contributed by atoms with Crippen LogP contribution in [0, 0.1) is 6.92 Å². The molecular formula is C26H26N4O4S. The van der Waals surface area contributed by atoms with E-state index in [2.05, 4.69) is 4.90 Å². The van der Waals surface area contributed by atoms with Gasteiger partial charge in [0.15, 0.2) is 0 Å². The molecule has 0 aliphatic carbocycles. The molecule has 3 heterocycles. The minimum atomic E-state index is -0.504. The van der Waals surface area contributed by atoms with Crippen LogP contribution in [0.5, 0.6) is 5.75 Å². The number of nitrogens with zero attached hydrogens (tertiary/aromatic N) is 4. The number of piperazine rings is 1. The summed E-state index contributed by atoms with van der Waals surface area (Å²) < 4.78 is 8.54. The Bertz CT molecular complexity index is 1510. The van der Waals surface area contributed by atoms with Crippen molar-refractivity contribution < 1.29 is 9.53 Å². The molecule has 1 amide bonds. The topological polar surface area (TPSA) is 76.8 Å². The Morgan fingerprint density at radius 2 is 1.63 bits per heavy atom. The lowest BCUT2D eigenvalue weighted by Crippen LogP contribution is -2.50. The third-order valence-corrected chi connectivity index (χ3v) is 7.35. The molecule has 2 aromatic carbocycles. The molecule has 0 saturated carbocycles. The summed E-state index contributed by atoms with van der Waals surface area (Å²) in [5.74, 6) is 0.659. The van der Waals surface area contributed by atoms with Gasteiger partial charge in [0.2, 0.25) is 5.91 Å². The van der Waals surface area contributed by atoms with E-state index in [1.54, 1.807) is 35.6 Å². The normalized spacial score (nSPS) is 13.9. The van der Waals surface area contributed by atoms with Crippen LogP contribution in [0.2, 0.25) is 0 Å². The Balaban J connectivity index is 1.42. The van der Waals surface area contributed by atoms with Gasteiger partial charge in [-0.15, -0.1) is 11.3 Å². The third-order valence-electron chi connectivity index (χ3n) is 6.46. The van der Waals surface area contributed by atoms with E-state index in [4.69, 9.17) is 4.74 Å². The number of methoxy groups -OCH3 is 1. The van der Waals surface area contributed by atoms with Crippen LogP contribution in [0.25, 0.3) is 15.9 Å². The van der Waals surface area contributed by atoms with Crippen molar-refractivity contribution in [3.63, 3.8) is 0 Å². The van der Waals surface area contributed by atoms with Crippen molar-refractivity contribution in [1.82, 2.24) is 14.0 Å². The van der Waals surface area contributed by atoms with Crippen LogP contribution in [0.4, 0.5) is 5.69 Å². The van der Waals surface area contributed by atoms with Crippen molar-refractivity contribution in [3.8, 4) is 11.4 Å². The first kappa shape index (κ1) is 22.9. The molecule has 9 heteroatoms. The van der Waals surface area contributed by atoms with Crippen LogP contribution in [0.15, 0.2) is 69.6 Å². The van der Waals surface area contributed by atoms with E-state index >= 15 is 0 Å². The summed E-state index contributed by atoms with van der Waals surface area (Å²) in [6.07, 6.45) is 0. The number of fused-ring (bicyclic) bond motifs is 1. The molecule has 1 fully saturated rings. The summed E-state index contributed by atoms with van der Waals surface area (Å²) in [5.41, 5.74) is 1.98. The average Bonchev–Trinajstić information content (AvgIpc) is 3.38. The Labute approximate surface area is 206 Å². The van der Waals surface area contributed by atoms with Gasteiger partial charge in [-0.05, 0) is 42.1 Å². The second-order valence-corrected chi connectivity index (χ2v) is 9.39. The van der Waals surface area contributed by atoms with Gasteiger partial charge in [0.25, 0.3) is 5.56 Å². The quantitative estimate of drug-likeness (QED) is 0.430. The van der Waals surface area contributed by atoms with Crippen molar-refractivity contribution in [1.29, 1.82) is 0 Å². The lowest BCUT2D eigenvalue weighted by atomic mass is 10.2. The van der Waals surface area contributed by atoms with Crippen LogP contribution in [-0.4, -0.2) is 53.2 Å². The fourth-order valence-corrected chi connectivity index (χ4v) is 5.41. The van der Waals surface area contributed by atoms with Gasteiger partial charge in [-0.3, -0.25) is 14.2 Å². The van der Waals surface area contributed by atoms with E-state index in [9.17, 15) is 14.4 Å². The molecule has 5 rings (SSSR count). The highest BCUT2D eigenvalue weighted by molar-refractivity contribution is 7.17. The monoisotopic (exact) mass is 490 g/mol. The Morgan fingerprint density at radius 3 is 2.34 bits per heavy atom. The van der Waals surface area contributed by atoms with Crippen LogP contribution < -0.4 is 20.9 Å². The predicted octanol–water partition coefficient (Wildman–Crippen LogP) is 2.88. The molecule has 8 nitrogen and oxygen atoms in total.